The number of rotatable bonds is 5. The zero-order chi connectivity index (χ0) is 24.2. The van der Waals surface area contributed by atoms with E-state index in [4.69, 9.17) is 21.1 Å². The molecule has 0 aliphatic carbocycles. The Kier molecular flexibility index (Phi) is 5.85. The van der Waals surface area contributed by atoms with Crippen LogP contribution >= 0.6 is 22.9 Å². The van der Waals surface area contributed by atoms with E-state index < -0.39 is 0 Å². The predicted octanol–water partition coefficient (Wildman–Crippen LogP) is 3.27. The zero-order valence-electron chi connectivity index (χ0n) is 19.3. The van der Waals surface area contributed by atoms with Gasteiger partial charge in [0.05, 0.1) is 41.8 Å². The molecule has 5 heterocycles. The highest BCUT2D eigenvalue weighted by molar-refractivity contribution is 7.19. The molecule has 10 heteroatoms. The number of nitrogens with one attached hydrogen (secondary N) is 1. The van der Waals surface area contributed by atoms with Crippen molar-refractivity contribution in [3.8, 4) is 11.3 Å². The van der Waals surface area contributed by atoms with E-state index in [2.05, 4.69) is 22.2 Å². The first-order chi connectivity index (χ1) is 16.9. The molecule has 1 spiro atoms. The van der Waals surface area contributed by atoms with Gasteiger partial charge in [0.1, 0.15) is 11.9 Å². The maximum Gasteiger partial charge on any atom is 0.230 e. The van der Waals surface area contributed by atoms with Crippen molar-refractivity contribution < 1.29 is 19.1 Å². The first kappa shape index (κ1) is 23.0. The number of nitrogens with zero attached hydrogens (tertiary/aromatic N) is 3. The zero-order valence-corrected chi connectivity index (χ0v) is 20.9. The summed E-state index contributed by atoms with van der Waals surface area (Å²) in [5, 5.41) is 4.14. The first-order valence-corrected chi connectivity index (χ1v) is 12.9. The number of halogens is 1. The third-order valence-electron chi connectivity index (χ3n) is 6.92. The molecule has 1 aromatic carbocycles. The van der Waals surface area contributed by atoms with Gasteiger partial charge >= 0.3 is 0 Å². The van der Waals surface area contributed by atoms with E-state index in [-0.39, 0.29) is 42.9 Å². The highest BCUT2D eigenvalue weighted by Gasteiger charge is 2.44. The van der Waals surface area contributed by atoms with E-state index >= 15 is 0 Å². The van der Waals surface area contributed by atoms with Gasteiger partial charge in [0.15, 0.2) is 0 Å². The van der Waals surface area contributed by atoms with Crippen LogP contribution in [0.25, 0.3) is 21.5 Å². The molecule has 2 amide bonds. The van der Waals surface area contributed by atoms with Crippen LogP contribution in [0.5, 0.6) is 0 Å². The number of carbonyl (C=O) groups is 2. The summed E-state index contributed by atoms with van der Waals surface area (Å²) >= 11 is 8.03. The van der Waals surface area contributed by atoms with Gasteiger partial charge in [-0.3, -0.25) is 14.5 Å². The Morgan fingerprint density at radius 2 is 2.00 bits per heavy atom. The summed E-state index contributed by atoms with van der Waals surface area (Å²) in [6, 6.07) is 5.87. The van der Waals surface area contributed by atoms with Gasteiger partial charge < -0.3 is 14.8 Å². The second-order valence-electron chi connectivity index (χ2n) is 9.52. The minimum atomic E-state index is -0.224. The van der Waals surface area contributed by atoms with Crippen LogP contribution in [-0.2, 0) is 32.0 Å². The largest absolute Gasteiger partial charge is 0.375 e. The summed E-state index contributed by atoms with van der Waals surface area (Å²) in [6.45, 7) is 5.15. The number of carbonyl (C=O) groups excluding carboxylic acids is 2. The van der Waals surface area contributed by atoms with E-state index in [1.54, 1.807) is 6.33 Å². The number of aromatic nitrogens is 2. The lowest BCUT2D eigenvalue weighted by atomic mass is 9.92. The highest BCUT2D eigenvalue weighted by atomic mass is 35.5. The third kappa shape index (κ3) is 4.25. The molecule has 8 nitrogen and oxygen atoms in total. The number of amides is 2. The van der Waals surface area contributed by atoms with Gasteiger partial charge in [-0.1, -0.05) is 11.6 Å². The van der Waals surface area contributed by atoms with Crippen molar-refractivity contribution in [1.29, 1.82) is 0 Å². The van der Waals surface area contributed by atoms with Crippen molar-refractivity contribution in [3.05, 3.63) is 45.6 Å². The number of hydrogen-bond donors (Lipinski definition) is 1. The molecule has 0 saturated carbocycles. The van der Waals surface area contributed by atoms with E-state index in [0.29, 0.717) is 24.7 Å². The third-order valence-corrected chi connectivity index (χ3v) is 8.26. The van der Waals surface area contributed by atoms with Crippen LogP contribution in [0.2, 0.25) is 5.02 Å². The standard InChI is InChI=1S/C25H25ClN4O4S/c1-14-4-15(26)5-19(18(14)6-16-8-27-10-25(34-16)11-33-12-25)23-24-20(28-13-29-23)7-17(35-24)9-30-21(31)2-3-22(30)32/h4-5,7,13,16,27H,2-3,6,8-12H2,1H3/t16-/m0/s1. The van der Waals surface area contributed by atoms with Crippen LogP contribution in [0, 0.1) is 6.92 Å². The molecule has 1 atom stereocenters. The second-order valence-corrected chi connectivity index (χ2v) is 11.1. The second kappa shape index (κ2) is 8.90. The summed E-state index contributed by atoms with van der Waals surface area (Å²) < 4.78 is 12.8. The molecule has 0 radical (unpaired) electrons. The Labute approximate surface area is 211 Å². The number of fused-ring (bicyclic) bond motifs is 1. The van der Waals surface area contributed by atoms with Crippen LogP contribution in [0.15, 0.2) is 24.5 Å². The predicted molar refractivity (Wildman–Crippen MR) is 132 cm³/mol. The lowest BCUT2D eigenvalue weighted by Crippen LogP contribution is -2.64. The molecule has 1 N–H and O–H groups in total. The van der Waals surface area contributed by atoms with E-state index in [1.165, 1.54) is 16.2 Å². The van der Waals surface area contributed by atoms with Gasteiger partial charge in [-0.15, -0.1) is 11.3 Å². The molecule has 0 unspecified atom stereocenters. The van der Waals surface area contributed by atoms with Crippen molar-refractivity contribution in [2.45, 2.75) is 44.4 Å². The Morgan fingerprint density at radius 1 is 1.20 bits per heavy atom. The summed E-state index contributed by atoms with van der Waals surface area (Å²) in [4.78, 5) is 35.6. The van der Waals surface area contributed by atoms with Crippen LogP contribution in [-0.4, -0.2) is 64.7 Å². The fourth-order valence-electron chi connectivity index (χ4n) is 5.12. The highest BCUT2D eigenvalue weighted by Crippen LogP contribution is 2.38. The summed E-state index contributed by atoms with van der Waals surface area (Å²) in [5.41, 5.74) is 4.54. The van der Waals surface area contributed by atoms with Gasteiger partial charge in [0, 0.05) is 47.8 Å². The molecule has 2 aromatic heterocycles. The fourth-order valence-corrected chi connectivity index (χ4v) is 6.50. The van der Waals surface area contributed by atoms with E-state index in [9.17, 15) is 9.59 Å². The molecule has 3 fully saturated rings. The smallest absolute Gasteiger partial charge is 0.230 e. The molecule has 3 aliphatic rings. The molecule has 3 aliphatic heterocycles. The van der Waals surface area contributed by atoms with E-state index in [0.717, 1.165) is 50.6 Å². The molecule has 182 valence electrons. The van der Waals surface area contributed by atoms with E-state index in [1.807, 2.05) is 18.2 Å². The summed E-state index contributed by atoms with van der Waals surface area (Å²) in [5.74, 6) is -0.246. The van der Waals surface area contributed by atoms with Crippen molar-refractivity contribution in [1.82, 2.24) is 20.2 Å². The molecule has 6 rings (SSSR count). The van der Waals surface area contributed by atoms with Gasteiger partial charge in [0.2, 0.25) is 11.8 Å². The lowest BCUT2D eigenvalue weighted by Gasteiger charge is -2.47. The summed E-state index contributed by atoms with van der Waals surface area (Å²) in [6.07, 6.45) is 2.85. The minimum absolute atomic E-state index is 0.00897. The normalized spacial score (nSPS) is 21.8. The van der Waals surface area contributed by atoms with Crippen LogP contribution in [0.3, 0.4) is 0 Å². The number of hydrogen-bond acceptors (Lipinski definition) is 8. The van der Waals surface area contributed by atoms with Crippen molar-refractivity contribution in [2.75, 3.05) is 26.3 Å². The molecule has 3 aromatic rings. The Balaban J connectivity index is 1.36. The minimum Gasteiger partial charge on any atom is -0.375 e. The first-order valence-electron chi connectivity index (χ1n) is 11.7. The molecule has 3 saturated heterocycles. The number of aryl methyl sites for hydroxylation is 1. The maximum atomic E-state index is 12.1. The van der Waals surface area contributed by atoms with Gasteiger partial charge in [-0.05, 0) is 36.2 Å². The molecule has 35 heavy (non-hydrogen) atoms. The Bertz CT molecular complexity index is 1320. The van der Waals surface area contributed by atoms with Crippen LogP contribution < -0.4 is 5.32 Å². The van der Waals surface area contributed by atoms with Crippen molar-refractivity contribution in [2.24, 2.45) is 0 Å². The number of benzene rings is 1. The number of imide groups is 1. The molecular weight excluding hydrogens is 488 g/mol. The Hall–Kier alpha value is -2.43. The number of thiophene rings is 1. The maximum absolute atomic E-state index is 12.1. The van der Waals surface area contributed by atoms with Gasteiger partial charge in [-0.25, -0.2) is 9.97 Å². The van der Waals surface area contributed by atoms with Crippen molar-refractivity contribution in [3.63, 3.8) is 0 Å². The SMILES string of the molecule is Cc1cc(Cl)cc(-c2ncnc3cc(CN4C(=O)CCC4=O)sc23)c1C[C@H]1CNCC2(COC2)O1. The summed E-state index contributed by atoms with van der Waals surface area (Å²) in [7, 11) is 0. The number of likely N-dealkylation sites (tertiary alicyclic amines) is 1. The topological polar surface area (TPSA) is 93.7 Å². The van der Waals surface area contributed by atoms with Crippen LogP contribution in [0.4, 0.5) is 0 Å². The quantitative estimate of drug-likeness (QED) is 0.524. The lowest BCUT2D eigenvalue weighted by molar-refractivity contribution is -0.240. The van der Waals surface area contributed by atoms with Gasteiger partial charge in [-0.2, -0.15) is 0 Å². The number of ether oxygens (including phenoxy) is 2. The Morgan fingerprint density at radius 3 is 2.74 bits per heavy atom. The average Bonchev–Trinajstić information content (AvgIpc) is 3.37. The monoisotopic (exact) mass is 512 g/mol. The average molecular weight is 513 g/mol. The number of morpholine rings is 1. The molecular formula is C25H25ClN4O4S. The van der Waals surface area contributed by atoms with Gasteiger partial charge in [0.25, 0.3) is 0 Å². The van der Waals surface area contributed by atoms with Crippen molar-refractivity contribution >= 4 is 45.0 Å². The van der Waals surface area contributed by atoms with Crippen LogP contribution in [0.1, 0.15) is 28.8 Å². The molecule has 0 bridgehead atoms. The fraction of sp³-hybridized carbons (Fsp3) is 0.440.